The van der Waals surface area contributed by atoms with Gasteiger partial charge >= 0.3 is 0 Å². The molecule has 0 saturated heterocycles. The Bertz CT molecular complexity index is 539. The molecule has 0 aliphatic carbocycles. The second-order valence-electron chi connectivity index (χ2n) is 3.43. The van der Waals surface area contributed by atoms with Crippen LogP contribution in [0.5, 0.6) is 5.75 Å². The molecule has 3 nitrogen and oxygen atoms in total. The van der Waals surface area contributed by atoms with Crippen LogP contribution in [0, 0.1) is 6.92 Å². The number of rotatable bonds is 4. The molecular formula is C12H10BrNO2S. The van der Waals surface area contributed by atoms with Gasteiger partial charge in [0.1, 0.15) is 12.4 Å². The molecule has 0 saturated carbocycles. The first-order valence-corrected chi connectivity index (χ1v) is 6.59. The maximum atomic E-state index is 10.9. The van der Waals surface area contributed by atoms with Crippen LogP contribution in [-0.4, -0.2) is 11.3 Å². The molecular weight excluding hydrogens is 302 g/mol. The number of aryl methyl sites for hydroxylation is 1. The van der Waals surface area contributed by atoms with E-state index in [0.29, 0.717) is 17.9 Å². The Kier molecular flexibility index (Phi) is 3.91. The number of hydrogen-bond acceptors (Lipinski definition) is 4. The second-order valence-corrected chi connectivity index (χ2v) is 5.67. The van der Waals surface area contributed by atoms with Crippen molar-refractivity contribution in [2.75, 3.05) is 0 Å². The van der Waals surface area contributed by atoms with Crippen molar-refractivity contribution in [3.63, 3.8) is 0 Å². The monoisotopic (exact) mass is 311 g/mol. The number of carbonyl (C=O) groups excluding carboxylic acids is 1. The standard InChI is InChI=1S/C12H10BrNO2S/c1-8-14-5-11(17-8)7-16-12-3-2-10(13)4-9(12)6-15/h2-6H,7H2,1H3. The summed E-state index contributed by atoms with van der Waals surface area (Å²) < 4.78 is 6.46. The predicted octanol–water partition coefficient (Wildman–Crippen LogP) is 3.61. The zero-order valence-electron chi connectivity index (χ0n) is 9.14. The number of halogens is 1. The molecule has 0 aliphatic heterocycles. The first kappa shape index (κ1) is 12.3. The number of nitrogens with zero attached hydrogens (tertiary/aromatic N) is 1. The number of hydrogen-bond donors (Lipinski definition) is 0. The highest BCUT2D eigenvalue weighted by Crippen LogP contribution is 2.23. The molecule has 1 heterocycles. The Morgan fingerprint density at radius 3 is 3.00 bits per heavy atom. The molecule has 0 N–H and O–H groups in total. The van der Waals surface area contributed by atoms with Crippen molar-refractivity contribution >= 4 is 33.6 Å². The van der Waals surface area contributed by atoms with E-state index in [2.05, 4.69) is 20.9 Å². The Balaban J connectivity index is 2.11. The van der Waals surface area contributed by atoms with Gasteiger partial charge in [0.25, 0.3) is 0 Å². The van der Waals surface area contributed by atoms with Gasteiger partial charge in [-0.05, 0) is 25.1 Å². The van der Waals surface area contributed by atoms with Crippen LogP contribution in [0.4, 0.5) is 0 Å². The molecule has 17 heavy (non-hydrogen) atoms. The van der Waals surface area contributed by atoms with Crippen molar-refractivity contribution in [3.8, 4) is 5.75 Å². The van der Waals surface area contributed by atoms with Gasteiger partial charge in [-0.1, -0.05) is 15.9 Å². The smallest absolute Gasteiger partial charge is 0.153 e. The first-order chi connectivity index (χ1) is 8.19. The highest BCUT2D eigenvalue weighted by molar-refractivity contribution is 9.10. The van der Waals surface area contributed by atoms with E-state index >= 15 is 0 Å². The van der Waals surface area contributed by atoms with Crippen LogP contribution in [0.15, 0.2) is 28.9 Å². The molecule has 2 rings (SSSR count). The zero-order chi connectivity index (χ0) is 12.3. The molecule has 0 spiro atoms. The Hall–Kier alpha value is -1.20. The van der Waals surface area contributed by atoms with E-state index in [0.717, 1.165) is 20.6 Å². The summed E-state index contributed by atoms with van der Waals surface area (Å²) in [6, 6.07) is 5.36. The van der Waals surface area contributed by atoms with Crippen molar-refractivity contribution in [3.05, 3.63) is 44.3 Å². The lowest BCUT2D eigenvalue weighted by atomic mass is 10.2. The number of aldehydes is 1. The number of carbonyl (C=O) groups is 1. The molecule has 2 aromatic rings. The van der Waals surface area contributed by atoms with Crippen LogP contribution in [0.1, 0.15) is 20.2 Å². The fraction of sp³-hybridized carbons (Fsp3) is 0.167. The van der Waals surface area contributed by atoms with Gasteiger partial charge in [0.2, 0.25) is 0 Å². The SMILES string of the molecule is Cc1ncc(COc2ccc(Br)cc2C=O)s1. The van der Waals surface area contributed by atoms with Gasteiger partial charge in [-0.2, -0.15) is 0 Å². The predicted molar refractivity (Wildman–Crippen MR) is 70.7 cm³/mol. The summed E-state index contributed by atoms with van der Waals surface area (Å²) >= 11 is 4.90. The van der Waals surface area contributed by atoms with Gasteiger partial charge in [-0.15, -0.1) is 11.3 Å². The summed E-state index contributed by atoms with van der Waals surface area (Å²) in [5.74, 6) is 0.592. The quantitative estimate of drug-likeness (QED) is 0.810. The van der Waals surface area contributed by atoms with Crippen LogP contribution in [0.2, 0.25) is 0 Å². The van der Waals surface area contributed by atoms with Crippen LogP contribution >= 0.6 is 27.3 Å². The maximum absolute atomic E-state index is 10.9. The minimum atomic E-state index is 0.438. The molecule has 1 aromatic carbocycles. The molecule has 0 aliphatic rings. The highest BCUT2D eigenvalue weighted by atomic mass is 79.9. The lowest BCUT2D eigenvalue weighted by Crippen LogP contribution is -1.96. The largest absolute Gasteiger partial charge is 0.487 e. The number of ether oxygens (including phenoxy) is 1. The van der Waals surface area contributed by atoms with Crippen molar-refractivity contribution in [2.24, 2.45) is 0 Å². The average Bonchev–Trinajstić information content (AvgIpc) is 2.73. The third kappa shape index (κ3) is 3.14. The minimum Gasteiger partial charge on any atom is -0.487 e. The van der Waals surface area contributed by atoms with Gasteiger partial charge in [-0.3, -0.25) is 4.79 Å². The average molecular weight is 312 g/mol. The lowest BCUT2D eigenvalue weighted by molar-refractivity contribution is 0.111. The normalized spacial score (nSPS) is 10.2. The minimum absolute atomic E-state index is 0.438. The number of aromatic nitrogens is 1. The van der Waals surface area contributed by atoms with Gasteiger partial charge < -0.3 is 4.74 Å². The number of thiazole rings is 1. The summed E-state index contributed by atoms with van der Waals surface area (Å²) in [6.07, 6.45) is 2.58. The van der Waals surface area contributed by atoms with Crippen molar-refractivity contribution in [2.45, 2.75) is 13.5 Å². The third-order valence-corrected chi connectivity index (χ3v) is 3.52. The van der Waals surface area contributed by atoms with Crippen LogP contribution in [-0.2, 0) is 6.61 Å². The van der Waals surface area contributed by atoms with Crippen LogP contribution < -0.4 is 4.74 Å². The maximum Gasteiger partial charge on any atom is 0.153 e. The Morgan fingerprint density at radius 1 is 1.53 bits per heavy atom. The summed E-state index contributed by atoms with van der Waals surface area (Å²) in [4.78, 5) is 16.1. The topological polar surface area (TPSA) is 39.2 Å². The van der Waals surface area contributed by atoms with E-state index in [1.54, 1.807) is 29.7 Å². The molecule has 0 atom stereocenters. The molecule has 88 valence electrons. The van der Waals surface area contributed by atoms with E-state index in [9.17, 15) is 4.79 Å². The van der Waals surface area contributed by atoms with Gasteiger partial charge in [0.05, 0.1) is 15.4 Å². The van der Waals surface area contributed by atoms with Gasteiger partial charge in [-0.25, -0.2) is 4.98 Å². The summed E-state index contributed by atoms with van der Waals surface area (Å²) in [5.41, 5.74) is 0.542. The van der Waals surface area contributed by atoms with E-state index in [4.69, 9.17) is 4.74 Å². The Morgan fingerprint density at radius 2 is 2.35 bits per heavy atom. The van der Waals surface area contributed by atoms with Crippen molar-refractivity contribution in [1.82, 2.24) is 4.98 Å². The fourth-order valence-electron chi connectivity index (χ4n) is 1.36. The van der Waals surface area contributed by atoms with Crippen molar-refractivity contribution in [1.29, 1.82) is 0 Å². The second kappa shape index (κ2) is 5.42. The summed E-state index contributed by atoms with van der Waals surface area (Å²) in [7, 11) is 0. The first-order valence-electron chi connectivity index (χ1n) is 4.98. The van der Waals surface area contributed by atoms with Crippen LogP contribution in [0.25, 0.3) is 0 Å². The molecule has 0 radical (unpaired) electrons. The van der Waals surface area contributed by atoms with Crippen LogP contribution in [0.3, 0.4) is 0 Å². The third-order valence-electron chi connectivity index (χ3n) is 2.14. The molecule has 0 fully saturated rings. The van der Waals surface area contributed by atoms with Gasteiger partial charge in [0, 0.05) is 10.7 Å². The molecule has 0 unspecified atom stereocenters. The van der Waals surface area contributed by atoms with E-state index in [1.165, 1.54) is 0 Å². The van der Waals surface area contributed by atoms with E-state index in [-0.39, 0.29) is 0 Å². The number of benzene rings is 1. The molecule has 0 amide bonds. The summed E-state index contributed by atoms with van der Waals surface area (Å²) in [5, 5.41) is 1.01. The van der Waals surface area contributed by atoms with E-state index in [1.807, 2.05) is 13.0 Å². The fourth-order valence-corrected chi connectivity index (χ4v) is 2.45. The Labute approximate surface area is 112 Å². The van der Waals surface area contributed by atoms with E-state index < -0.39 is 0 Å². The summed E-state index contributed by atoms with van der Waals surface area (Å²) in [6.45, 7) is 2.39. The van der Waals surface area contributed by atoms with Crippen molar-refractivity contribution < 1.29 is 9.53 Å². The highest BCUT2D eigenvalue weighted by Gasteiger charge is 2.05. The molecule has 1 aromatic heterocycles. The van der Waals surface area contributed by atoms with Gasteiger partial charge in [0.15, 0.2) is 6.29 Å². The molecule has 0 bridgehead atoms. The zero-order valence-corrected chi connectivity index (χ0v) is 11.5. The lowest BCUT2D eigenvalue weighted by Gasteiger charge is -2.07. The molecule has 5 heteroatoms.